The third-order valence-corrected chi connectivity index (χ3v) is 4.45. The molecule has 0 saturated heterocycles. The molecule has 1 aromatic rings. The number of ether oxygens (including phenoxy) is 2. The number of alkyl halides is 1. The molecule has 128 valence electrons. The lowest BCUT2D eigenvalue weighted by Gasteiger charge is -2.15. The molecule has 1 aromatic carbocycles. The summed E-state index contributed by atoms with van der Waals surface area (Å²) in [5.74, 6) is 0.897. The molecule has 2 N–H and O–H groups in total. The minimum absolute atomic E-state index is 0.0615. The fourth-order valence-corrected chi connectivity index (χ4v) is 2.84. The quantitative estimate of drug-likeness (QED) is 0.781. The lowest BCUT2D eigenvalue weighted by atomic mass is 10.0. The van der Waals surface area contributed by atoms with Gasteiger partial charge < -0.3 is 15.2 Å². The van der Waals surface area contributed by atoms with Crippen LogP contribution in [0.25, 0.3) is 0 Å². The topological polar surface area (TPSA) is 73.9 Å². The molecule has 0 aromatic heterocycles. The van der Waals surface area contributed by atoms with E-state index in [1.807, 2.05) is 37.3 Å². The Bertz CT molecular complexity index is 698. The monoisotopic (exact) mass is 392 g/mol. The number of amides is 1. The number of allylic oxidation sites excluding steroid dienone is 4. The smallest absolute Gasteiger partial charge is 0.250 e. The molecular formula is C18H21BrN2O3. The van der Waals surface area contributed by atoms with Gasteiger partial charge in [-0.05, 0) is 36.3 Å². The van der Waals surface area contributed by atoms with Gasteiger partial charge in [0.25, 0.3) is 5.91 Å². The van der Waals surface area contributed by atoms with E-state index < -0.39 is 0 Å². The molecule has 0 aliphatic heterocycles. The number of methoxy groups -OCH3 is 2. The summed E-state index contributed by atoms with van der Waals surface area (Å²) in [6, 6.07) is 3.64. The molecule has 5 nitrogen and oxygen atoms in total. The van der Waals surface area contributed by atoms with Crippen molar-refractivity contribution in [1.29, 1.82) is 0 Å². The van der Waals surface area contributed by atoms with E-state index in [-0.39, 0.29) is 17.2 Å². The zero-order valence-electron chi connectivity index (χ0n) is 14.0. The lowest BCUT2D eigenvalue weighted by Crippen LogP contribution is -2.16. The Labute approximate surface area is 150 Å². The summed E-state index contributed by atoms with van der Waals surface area (Å²) in [7, 11) is 3.11. The zero-order chi connectivity index (χ0) is 17.7. The average molecular weight is 393 g/mol. The molecule has 0 heterocycles. The van der Waals surface area contributed by atoms with E-state index in [9.17, 15) is 4.79 Å². The SMILES string of the molecule is COc1cc(CN)cc(OC)c1CC(=O)N=C1C=C(C)C=CC1Br. The van der Waals surface area contributed by atoms with Crippen molar-refractivity contribution in [3.05, 3.63) is 47.1 Å². The summed E-state index contributed by atoms with van der Waals surface area (Å²) >= 11 is 3.49. The highest BCUT2D eigenvalue weighted by atomic mass is 79.9. The molecule has 24 heavy (non-hydrogen) atoms. The molecule has 0 fully saturated rings. The Morgan fingerprint density at radius 3 is 2.46 bits per heavy atom. The van der Waals surface area contributed by atoms with Crippen LogP contribution in [0.5, 0.6) is 11.5 Å². The van der Waals surface area contributed by atoms with E-state index in [0.29, 0.717) is 29.3 Å². The van der Waals surface area contributed by atoms with E-state index in [0.717, 1.165) is 11.1 Å². The Balaban J connectivity index is 2.30. The third kappa shape index (κ3) is 4.33. The number of carbonyl (C=O) groups is 1. The first-order valence-corrected chi connectivity index (χ1v) is 8.45. The maximum Gasteiger partial charge on any atom is 0.250 e. The van der Waals surface area contributed by atoms with Gasteiger partial charge in [0, 0.05) is 12.1 Å². The molecule has 0 saturated carbocycles. The van der Waals surface area contributed by atoms with Gasteiger partial charge >= 0.3 is 0 Å². The van der Waals surface area contributed by atoms with Gasteiger partial charge in [-0.1, -0.05) is 28.1 Å². The molecule has 1 aliphatic carbocycles. The minimum Gasteiger partial charge on any atom is -0.496 e. The standard InChI is InChI=1S/C18H21BrN2O3/c1-11-4-5-14(19)15(6-11)21-18(22)9-13-16(23-2)7-12(10-20)8-17(13)24-3/h4-8,14H,9-10,20H2,1-3H3. The Morgan fingerprint density at radius 1 is 1.29 bits per heavy atom. The van der Waals surface area contributed by atoms with Gasteiger partial charge in [-0.2, -0.15) is 0 Å². The number of carbonyl (C=O) groups excluding carboxylic acids is 1. The highest BCUT2D eigenvalue weighted by Gasteiger charge is 2.18. The van der Waals surface area contributed by atoms with E-state index in [1.54, 1.807) is 14.2 Å². The highest BCUT2D eigenvalue weighted by Crippen LogP contribution is 2.31. The van der Waals surface area contributed by atoms with Gasteiger partial charge in [0.2, 0.25) is 0 Å². The molecule has 0 spiro atoms. The number of nitrogens with two attached hydrogens (primary N) is 1. The Morgan fingerprint density at radius 2 is 1.92 bits per heavy atom. The maximum atomic E-state index is 12.4. The summed E-state index contributed by atoms with van der Waals surface area (Å²) < 4.78 is 10.8. The van der Waals surface area contributed by atoms with Crippen LogP contribution in [0, 0.1) is 0 Å². The van der Waals surface area contributed by atoms with Crippen LogP contribution in [0.3, 0.4) is 0 Å². The van der Waals surface area contributed by atoms with Crippen molar-refractivity contribution < 1.29 is 14.3 Å². The predicted octanol–water partition coefficient (Wildman–Crippen LogP) is 2.95. The van der Waals surface area contributed by atoms with Crippen molar-refractivity contribution in [3.63, 3.8) is 0 Å². The van der Waals surface area contributed by atoms with Crippen molar-refractivity contribution in [1.82, 2.24) is 0 Å². The number of halogens is 1. The fourth-order valence-electron chi connectivity index (χ4n) is 2.45. The van der Waals surface area contributed by atoms with Gasteiger partial charge in [-0.25, -0.2) is 4.99 Å². The van der Waals surface area contributed by atoms with Gasteiger partial charge in [-0.3, -0.25) is 4.79 Å². The van der Waals surface area contributed by atoms with Crippen LogP contribution in [-0.4, -0.2) is 30.7 Å². The first-order valence-electron chi connectivity index (χ1n) is 7.54. The number of nitrogens with zero attached hydrogens (tertiary/aromatic N) is 1. The van der Waals surface area contributed by atoms with Crippen molar-refractivity contribution in [2.45, 2.75) is 24.7 Å². The van der Waals surface area contributed by atoms with Crippen molar-refractivity contribution >= 4 is 27.5 Å². The largest absolute Gasteiger partial charge is 0.496 e. The van der Waals surface area contributed by atoms with Crippen molar-refractivity contribution in [3.8, 4) is 11.5 Å². The molecule has 2 rings (SSSR count). The van der Waals surface area contributed by atoms with E-state index >= 15 is 0 Å². The zero-order valence-corrected chi connectivity index (χ0v) is 15.6. The molecule has 1 atom stereocenters. The summed E-state index contributed by atoms with van der Waals surface area (Å²) in [6.07, 6.45) is 5.93. The highest BCUT2D eigenvalue weighted by molar-refractivity contribution is 9.10. The maximum absolute atomic E-state index is 12.4. The van der Waals surface area contributed by atoms with Crippen LogP contribution >= 0.6 is 15.9 Å². The second-order valence-electron chi connectivity index (χ2n) is 5.44. The second-order valence-corrected chi connectivity index (χ2v) is 6.43. The Kier molecular flexibility index (Phi) is 6.34. The van der Waals surface area contributed by atoms with Crippen LogP contribution in [0.2, 0.25) is 0 Å². The van der Waals surface area contributed by atoms with Crippen molar-refractivity contribution in [2.75, 3.05) is 14.2 Å². The van der Waals surface area contributed by atoms with Gasteiger partial charge in [0.1, 0.15) is 11.5 Å². The molecule has 6 heteroatoms. The molecule has 0 bridgehead atoms. The number of hydrogen-bond donors (Lipinski definition) is 1. The lowest BCUT2D eigenvalue weighted by molar-refractivity contribution is -0.117. The van der Waals surface area contributed by atoms with Gasteiger partial charge in [0.15, 0.2) is 0 Å². The summed E-state index contributed by atoms with van der Waals surface area (Å²) in [5, 5.41) is 0. The number of hydrogen-bond acceptors (Lipinski definition) is 4. The van der Waals surface area contributed by atoms with E-state index in [2.05, 4.69) is 20.9 Å². The molecule has 1 amide bonds. The average Bonchev–Trinajstić information content (AvgIpc) is 2.58. The summed E-state index contributed by atoms with van der Waals surface area (Å²) in [5.41, 5.74) is 8.98. The van der Waals surface area contributed by atoms with Crippen LogP contribution < -0.4 is 15.2 Å². The molecule has 1 unspecified atom stereocenters. The van der Waals surface area contributed by atoms with E-state index in [1.165, 1.54) is 0 Å². The fraction of sp³-hybridized carbons (Fsp3) is 0.333. The predicted molar refractivity (Wildman–Crippen MR) is 99.2 cm³/mol. The first-order chi connectivity index (χ1) is 11.5. The molecular weight excluding hydrogens is 372 g/mol. The number of rotatable bonds is 5. The number of benzene rings is 1. The van der Waals surface area contributed by atoms with Gasteiger partial charge in [0.05, 0.1) is 31.2 Å². The molecule has 0 radical (unpaired) electrons. The van der Waals surface area contributed by atoms with Gasteiger partial charge in [-0.15, -0.1) is 0 Å². The van der Waals surface area contributed by atoms with Crippen LogP contribution in [0.15, 0.2) is 40.9 Å². The summed E-state index contributed by atoms with van der Waals surface area (Å²) in [4.78, 5) is 16.6. The van der Waals surface area contributed by atoms with Crippen molar-refractivity contribution in [2.24, 2.45) is 10.7 Å². The normalized spacial score (nSPS) is 18.5. The first kappa shape index (κ1) is 18.4. The minimum atomic E-state index is -0.258. The third-order valence-electron chi connectivity index (χ3n) is 3.67. The van der Waals surface area contributed by atoms with Crippen LogP contribution in [0.1, 0.15) is 18.1 Å². The molecule has 1 aliphatic rings. The van der Waals surface area contributed by atoms with Crippen LogP contribution in [-0.2, 0) is 17.8 Å². The van der Waals surface area contributed by atoms with E-state index in [4.69, 9.17) is 15.2 Å². The number of aliphatic imine (C=N–C) groups is 1. The Hall–Kier alpha value is -1.92. The summed E-state index contributed by atoms with van der Waals surface area (Å²) in [6.45, 7) is 2.33. The second kappa shape index (κ2) is 8.26. The van der Waals surface area contributed by atoms with Crippen LogP contribution in [0.4, 0.5) is 0 Å².